The quantitative estimate of drug-likeness (QED) is 0.764. The van der Waals surface area contributed by atoms with Crippen LogP contribution in [0.3, 0.4) is 0 Å². The highest BCUT2D eigenvalue weighted by atomic mass is 35.5. The number of sulfonamides is 1. The van der Waals surface area contributed by atoms with E-state index in [1.165, 1.54) is 36.5 Å². The molecule has 1 heterocycles. The Kier molecular flexibility index (Phi) is 5.53. The highest BCUT2D eigenvalue weighted by molar-refractivity contribution is 7.92. The van der Waals surface area contributed by atoms with E-state index in [9.17, 15) is 26.4 Å². The monoisotopic (exact) mass is 393 g/mol. The molecule has 0 spiro atoms. The minimum absolute atomic E-state index is 0.0143. The number of pyridine rings is 1. The smallest absolute Gasteiger partial charge is 0.343 e. The van der Waals surface area contributed by atoms with Crippen molar-refractivity contribution in [1.29, 1.82) is 0 Å². The van der Waals surface area contributed by atoms with Crippen LogP contribution in [0.1, 0.15) is 10.4 Å². The van der Waals surface area contributed by atoms with Crippen molar-refractivity contribution in [1.82, 2.24) is 10.3 Å². The van der Waals surface area contributed by atoms with Gasteiger partial charge < -0.3 is 5.32 Å². The number of carbonyl (C=O) groups excluding carboxylic acids is 1. The number of benzene rings is 1. The summed E-state index contributed by atoms with van der Waals surface area (Å²) in [4.78, 5) is 15.1. The van der Waals surface area contributed by atoms with Gasteiger partial charge in [-0.25, -0.2) is 13.4 Å². The Hall–Kier alpha value is -2.33. The number of nitrogens with zero attached hydrogens (tertiary/aromatic N) is 1. The fourth-order valence-corrected chi connectivity index (χ4v) is 3.29. The van der Waals surface area contributed by atoms with E-state index in [1.807, 2.05) is 0 Å². The normalized spacial score (nSPS) is 11.8. The molecule has 0 aliphatic rings. The van der Waals surface area contributed by atoms with Crippen LogP contribution in [0.15, 0.2) is 47.5 Å². The largest absolute Gasteiger partial charge is 0.405 e. The van der Waals surface area contributed by atoms with Crippen molar-refractivity contribution in [2.24, 2.45) is 0 Å². The Labute approximate surface area is 146 Å². The lowest BCUT2D eigenvalue weighted by Gasteiger charge is -2.11. The molecule has 1 aromatic heterocycles. The average Bonchev–Trinajstić information content (AvgIpc) is 2.52. The molecule has 0 aliphatic heterocycles. The number of hydrogen-bond donors (Lipinski definition) is 2. The van der Waals surface area contributed by atoms with Gasteiger partial charge >= 0.3 is 6.18 Å². The number of carbonyl (C=O) groups is 1. The third-order valence-corrected chi connectivity index (χ3v) is 4.67. The highest BCUT2D eigenvalue weighted by Gasteiger charge is 2.28. The lowest BCUT2D eigenvalue weighted by atomic mass is 10.2. The Bertz CT molecular complexity index is 888. The van der Waals surface area contributed by atoms with Crippen molar-refractivity contribution in [2.45, 2.75) is 11.1 Å². The van der Waals surface area contributed by atoms with Crippen LogP contribution in [0.2, 0.25) is 5.15 Å². The summed E-state index contributed by atoms with van der Waals surface area (Å²) in [5.74, 6) is -0.988. The van der Waals surface area contributed by atoms with Crippen molar-refractivity contribution in [3.63, 3.8) is 0 Å². The van der Waals surface area contributed by atoms with Crippen molar-refractivity contribution in [2.75, 3.05) is 11.3 Å². The Morgan fingerprint density at radius 3 is 2.56 bits per heavy atom. The first-order valence-corrected chi connectivity index (χ1v) is 8.53. The van der Waals surface area contributed by atoms with E-state index in [-0.39, 0.29) is 21.3 Å². The van der Waals surface area contributed by atoms with Gasteiger partial charge in [-0.15, -0.1) is 0 Å². The summed E-state index contributed by atoms with van der Waals surface area (Å²) in [7, 11) is -4.08. The van der Waals surface area contributed by atoms with Gasteiger partial charge in [-0.05, 0) is 30.3 Å². The first kappa shape index (κ1) is 19.0. The summed E-state index contributed by atoms with van der Waals surface area (Å²) in [6, 6.07) is 7.63. The van der Waals surface area contributed by atoms with E-state index < -0.39 is 28.7 Å². The molecule has 0 saturated heterocycles. The second kappa shape index (κ2) is 7.28. The number of alkyl halides is 3. The zero-order chi connectivity index (χ0) is 18.7. The number of aromatic nitrogens is 1. The highest BCUT2D eigenvalue weighted by Crippen LogP contribution is 2.22. The molecule has 0 atom stereocenters. The number of anilines is 1. The molecule has 25 heavy (non-hydrogen) atoms. The minimum atomic E-state index is -4.55. The van der Waals surface area contributed by atoms with E-state index >= 15 is 0 Å². The van der Waals surface area contributed by atoms with Gasteiger partial charge in [0.1, 0.15) is 16.6 Å². The first-order chi connectivity index (χ1) is 11.6. The van der Waals surface area contributed by atoms with Gasteiger partial charge in [-0.2, -0.15) is 13.2 Å². The average molecular weight is 394 g/mol. The minimum Gasteiger partial charge on any atom is -0.343 e. The van der Waals surface area contributed by atoms with E-state index in [0.717, 1.165) is 6.07 Å². The van der Waals surface area contributed by atoms with Crippen LogP contribution in [0, 0.1) is 0 Å². The number of halogens is 4. The van der Waals surface area contributed by atoms with Gasteiger partial charge in [0.15, 0.2) is 0 Å². The molecule has 0 bridgehead atoms. The Morgan fingerprint density at radius 2 is 1.92 bits per heavy atom. The van der Waals surface area contributed by atoms with Gasteiger partial charge in [0.2, 0.25) is 0 Å². The molecule has 0 radical (unpaired) electrons. The number of nitrogens with one attached hydrogen (secondary N) is 2. The summed E-state index contributed by atoms with van der Waals surface area (Å²) >= 11 is 5.74. The standard InChI is InChI=1S/C14H11ClF3N3O3S/c15-12-11(5-2-6-19-12)25(23,24)21-10-4-1-3-9(7-10)13(22)20-8-14(16,17)18/h1-7,21H,8H2,(H,20,22). The fraction of sp³-hybridized carbons (Fsp3) is 0.143. The molecular formula is C14H11ClF3N3O3S. The summed E-state index contributed by atoms with van der Waals surface area (Å²) in [6.45, 7) is -1.49. The summed E-state index contributed by atoms with van der Waals surface area (Å²) < 4.78 is 63.1. The van der Waals surface area contributed by atoms with Crippen LogP contribution in [-0.4, -0.2) is 32.0 Å². The molecule has 1 amide bonds. The van der Waals surface area contributed by atoms with E-state index in [1.54, 1.807) is 5.32 Å². The van der Waals surface area contributed by atoms with Gasteiger partial charge in [-0.3, -0.25) is 9.52 Å². The Balaban J connectivity index is 2.19. The third kappa shape index (κ3) is 5.33. The van der Waals surface area contributed by atoms with Crippen molar-refractivity contribution in [3.8, 4) is 0 Å². The Morgan fingerprint density at radius 1 is 1.20 bits per heavy atom. The van der Waals surface area contributed by atoms with Gasteiger partial charge in [0.05, 0.1) is 0 Å². The van der Waals surface area contributed by atoms with Crippen LogP contribution in [0.25, 0.3) is 0 Å². The molecule has 1 aromatic carbocycles. The molecule has 0 fully saturated rings. The number of amides is 1. The van der Waals surface area contributed by atoms with Gasteiger partial charge in [0.25, 0.3) is 15.9 Å². The third-order valence-electron chi connectivity index (χ3n) is 2.84. The first-order valence-electron chi connectivity index (χ1n) is 6.67. The topological polar surface area (TPSA) is 88.2 Å². The predicted molar refractivity (Wildman–Crippen MR) is 84.9 cm³/mol. The molecule has 0 aliphatic carbocycles. The molecule has 134 valence electrons. The maximum absolute atomic E-state index is 12.3. The van der Waals surface area contributed by atoms with E-state index in [4.69, 9.17) is 11.6 Å². The van der Waals surface area contributed by atoms with E-state index in [0.29, 0.717) is 0 Å². The number of hydrogen-bond acceptors (Lipinski definition) is 4. The summed E-state index contributed by atoms with van der Waals surface area (Å²) in [6.07, 6.45) is -3.24. The van der Waals surface area contributed by atoms with Crippen LogP contribution in [0.5, 0.6) is 0 Å². The lowest BCUT2D eigenvalue weighted by molar-refractivity contribution is -0.123. The molecule has 0 unspecified atom stereocenters. The second-order valence-corrected chi connectivity index (χ2v) is 6.79. The molecule has 2 aromatic rings. The summed E-state index contributed by atoms with van der Waals surface area (Å²) in [5, 5.41) is 1.46. The van der Waals surface area contributed by atoms with Crippen LogP contribution in [-0.2, 0) is 10.0 Å². The van der Waals surface area contributed by atoms with Crippen LogP contribution < -0.4 is 10.0 Å². The van der Waals surface area contributed by atoms with Crippen molar-refractivity contribution < 1.29 is 26.4 Å². The van der Waals surface area contributed by atoms with Gasteiger partial charge in [-0.1, -0.05) is 17.7 Å². The molecule has 6 nitrogen and oxygen atoms in total. The molecular weight excluding hydrogens is 383 g/mol. The molecule has 2 rings (SSSR count). The van der Waals surface area contributed by atoms with E-state index in [2.05, 4.69) is 9.71 Å². The zero-order valence-corrected chi connectivity index (χ0v) is 13.9. The molecule has 11 heteroatoms. The van der Waals surface area contributed by atoms with Crippen LogP contribution in [0.4, 0.5) is 18.9 Å². The van der Waals surface area contributed by atoms with Crippen LogP contribution >= 0.6 is 11.6 Å². The maximum Gasteiger partial charge on any atom is 0.405 e. The van der Waals surface area contributed by atoms with Gasteiger partial charge in [0, 0.05) is 17.4 Å². The van der Waals surface area contributed by atoms with Crippen molar-refractivity contribution in [3.05, 3.63) is 53.3 Å². The maximum atomic E-state index is 12.3. The lowest BCUT2D eigenvalue weighted by Crippen LogP contribution is -2.33. The predicted octanol–water partition coefficient (Wildman–Crippen LogP) is 2.83. The second-order valence-electron chi connectivity index (χ2n) is 4.78. The SMILES string of the molecule is O=C(NCC(F)(F)F)c1cccc(NS(=O)(=O)c2cccnc2Cl)c1. The molecule has 2 N–H and O–H groups in total. The fourth-order valence-electron chi connectivity index (χ4n) is 1.79. The van der Waals surface area contributed by atoms with Crippen molar-refractivity contribution >= 4 is 33.2 Å². The zero-order valence-electron chi connectivity index (χ0n) is 12.3. The summed E-state index contributed by atoms with van der Waals surface area (Å²) in [5.41, 5.74) is -0.152. The molecule has 0 saturated carbocycles. The number of rotatable bonds is 5.